The van der Waals surface area contributed by atoms with Crippen LogP contribution in [-0.2, 0) is 6.42 Å². The summed E-state index contributed by atoms with van der Waals surface area (Å²) in [5.41, 5.74) is 2.00. The van der Waals surface area contributed by atoms with Crippen molar-refractivity contribution in [3.63, 3.8) is 0 Å². The van der Waals surface area contributed by atoms with Crippen LogP contribution in [-0.4, -0.2) is 6.54 Å². The normalized spacial score (nSPS) is 12.4. The lowest BCUT2D eigenvalue weighted by Gasteiger charge is -2.20. The zero-order valence-corrected chi connectivity index (χ0v) is 12.8. The summed E-state index contributed by atoms with van der Waals surface area (Å²) < 4.78 is 27.6. The van der Waals surface area contributed by atoms with Crippen molar-refractivity contribution in [1.82, 2.24) is 5.32 Å². The molecule has 1 N–H and O–H groups in total. The molecule has 4 heteroatoms. The quantitative estimate of drug-likeness (QED) is 0.835. The van der Waals surface area contributed by atoms with Gasteiger partial charge in [-0.3, -0.25) is 0 Å². The molecule has 0 spiro atoms. The molecule has 0 heterocycles. The summed E-state index contributed by atoms with van der Waals surface area (Å²) in [6, 6.07) is 9.46. The lowest BCUT2D eigenvalue weighted by atomic mass is 9.97. The third-order valence-corrected chi connectivity index (χ3v) is 3.93. The van der Waals surface area contributed by atoms with Crippen LogP contribution in [0.15, 0.2) is 36.4 Å². The Morgan fingerprint density at radius 1 is 1.14 bits per heavy atom. The molecule has 0 fully saturated rings. The molecule has 0 radical (unpaired) electrons. The van der Waals surface area contributed by atoms with Gasteiger partial charge in [0.15, 0.2) is 0 Å². The van der Waals surface area contributed by atoms with Gasteiger partial charge in [0.2, 0.25) is 0 Å². The molecular weight excluding hydrogens is 292 g/mol. The third-order valence-electron chi connectivity index (χ3n) is 3.52. The second-order valence-corrected chi connectivity index (χ2v) is 5.43. The highest BCUT2D eigenvalue weighted by Gasteiger charge is 2.17. The minimum Gasteiger partial charge on any atom is -0.310 e. The second kappa shape index (κ2) is 7.01. The van der Waals surface area contributed by atoms with Gasteiger partial charge in [-0.25, -0.2) is 8.78 Å². The Kier molecular flexibility index (Phi) is 5.32. The Morgan fingerprint density at radius 3 is 2.38 bits per heavy atom. The minimum absolute atomic E-state index is 0.0974. The second-order valence-electron chi connectivity index (χ2n) is 5.02. The summed E-state index contributed by atoms with van der Waals surface area (Å²) in [6.07, 6.45) is 0.242. The number of benzene rings is 2. The van der Waals surface area contributed by atoms with Crippen molar-refractivity contribution in [3.8, 4) is 0 Å². The van der Waals surface area contributed by atoms with Crippen LogP contribution in [0.4, 0.5) is 8.78 Å². The van der Waals surface area contributed by atoms with Crippen molar-refractivity contribution in [3.05, 3.63) is 69.7 Å². The molecule has 2 rings (SSSR count). The van der Waals surface area contributed by atoms with Crippen LogP contribution in [0.3, 0.4) is 0 Å². The first-order chi connectivity index (χ1) is 10.0. The van der Waals surface area contributed by atoms with Gasteiger partial charge in [0.1, 0.15) is 11.6 Å². The van der Waals surface area contributed by atoms with E-state index in [9.17, 15) is 8.78 Å². The fraction of sp³-hybridized carbons (Fsp3) is 0.294. The maximum atomic E-state index is 13.8. The molecule has 1 nitrogen and oxygen atoms in total. The largest absolute Gasteiger partial charge is 0.310 e. The fourth-order valence-electron chi connectivity index (χ4n) is 2.31. The Balaban J connectivity index is 2.33. The molecule has 1 unspecified atom stereocenters. The zero-order chi connectivity index (χ0) is 15.4. The Labute approximate surface area is 128 Å². The maximum absolute atomic E-state index is 13.8. The summed E-state index contributed by atoms with van der Waals surface area (Å²) in [7, 11) is 0. The Morgan fingerprint density at radius 2 is 1.81 bits per heavy atom. The molecule has 0 amide bonds. The van der Waals surface area contributed by atoms with Crippen molar-refractivity contribution in [1.29, 1.82) is 0 Å². The number of aryl methyl sites for hydroxylation is 1. The summed E-state index contributed by atoms with van der Waals surface area (Å²) in [6.45, 7) is 4.58. The first kappa shape index (κ1) is 15.9. The van der Waals surface area contributed by atoms with Gasteiger partial charge in [0.05, 0.1) is 0 Å². The van der Waals surface area contributed by atoms with E-state index in [-0.39, 0.29) is 18.0 Å². The minimum atomic E-state index is -0.517. The van der Waals surface area contributed by atoms with Crippen LogP contribution in [0, 0.1) is 18.6 Å². The molecule has 0 aliphatic rings. The topological polar surface area (TPSA) is 12.0 Å². The molecule has 0 aliphatic carbocycles. The predicted octanol–water partition coefficient (Wildman–Crippen LogP) is 4.82. The van der Waals surface area contributed by atoms with Crippen molar-refractivity contribution < 1.29 is 8.78 Å². The van der Waals surface area contributed by atoms with Crippen molar-refractivity contribution in [2.45, 2.75) is 26.3 Å². The van der Waals surface area contributed by atoms with E-state index in [4.69, 9.17) is 11.6 Å². The van der Waals surface area contributed by atoms with Gasteiger partial charge >= 0.3 is 0 Å². The van der Waals surface area contributed by atoms with Gasteiger partial charge in [-0.2, -0.15) is 0 Å². The Hall–Kier alpha value is -1.45. The van der Waals surface area contributed by atoms with Crippen molar-refractivity contribution in [2.24, 2.45) is 0 Å². The lowest BCUT2D eigenvalue weighted by Crippen LogP contribution is -2.24. The number of likely N-dealkylation sites (N-methyl/N-ethyl adjacent to an activating group) is 1. The van der Waals surface area contributed by atoms with E-state index in [2.05, 4.69) is 5.32 Å². The van der Waals surface area contributed by atoms with Crippen LogP contribution >= 0.6 is 11.6 Å². The van der Waals surface area contributed by atoms with Crippen LogP contribution in [0.5, 0.6) is 0 Å². The fourth-order valence-corrected chi connectivity index (χ4v) is 2.50. The lowest BCUT2D eigenvalue weighted by molar-refractivity contribution is 0.499. The van der Waals surface area contributed by atoms with Gasteiger partial charge in [-0.1, -0.05) is 36.7 Å². The smallest absolute Gasteiger partial charge is 0.129 e. The summed E-state index contributed by atoms with van der Waals surface area (Å²) in [4.78, 5) is 0. The first-order valence-corrected chi connectivity index (χ1v) is 7.33. The molecule has 21 heavy (non-hydrogen) atoms. The van der Waals surface area contributed by atoms with Crippen LogP contribution in [0.1, 0.15) is 29.7 Å². The highest BCUT2D eigenvalue weighted by molar-refractivity contribution is 6.31. The standard InChI is InChI=1S/C17H18ClF2N/c1-3-21-17(12-8-7-11(2)14(18)9-12)10-13-15(19)5-4-6-16(13)20/h4-9,17,21H,3,10H2,1-2H3. The van der Waals surface area contributed by atoms with Crippen LogP contribution in [0.25, 0.3) is 0 Å². The first-order valence-electron chi connectivity index (χ1n) is 6.95. The molecule has 2 aromatic rings. The van der Waals surface area contributed by atoms with E-state index < -0.39 is 11.6 Å². The molecule has 2 aromatic carbocycles. The molecule has 0 aromatic heterocycles. The molecule has 112 valence electrons. The molecule has 1 atom stereocenters. The summed E-state index contributed by atoms with van der Waals surface area (Å²) in [5.74, 6) is -1.03. The average Bonchev–Trinajstić information content (AvgIpc) is 2.45. The number of rotatable bonds is 5. The van der Waals surface area contributed by atoms with E-state index in [1.54, 1.807) is 0 Å². The molecule has 0 saturated heterocycles. The number of hydrogen-bond acceptors (Lipinski definition) is 1. The number of hydrogen-bond donors (Lipinski definition) is 1. The highest BCUT2D eigenvalue weighted by atomic mass is 35.5. The van der Waals surface area contributed by atoms with Crippen molar-refractivity contribution in [2.75, 3.05) is 6.54 Å². The van der Waals surface area contributed by atoms with Gasteiger partial charge in [0, 0.05) is 16.6 Å². The van der Waals surface area contributed by atoms with Crippen LogP contribution < -0.4 is 5.32 Å². The average molecular weight is 310 g/mol. The number of nitrogens with one attached hydrogen (secondary N) is 1. The van der Waals surface area contributed by atoms with E-state index >= 15 is 0 Å². The van der Waals surface area contributed by atoms with E-state index in [1.165, 1.54) is 18.2 Å². The predicted molar refractivity (Wildman–Crippen MR) is 82.7 cm³/mol. The van der Waals surface area contributed by atoms with Crippen LogP contribution in [0.2, 0.25) is 5.02 Å². The summed E-state index contributed by atoms with van der Waals surface area (Å²) in [5, 5.41) is 3.91. The zero-order valence-electron chi connectivity index (χ0n) is 12.1. The highest BCUT2D eigenvalue weighted by Crippen LogP contribution is 2.26. The van der Waals surface area contributed by atoms with E-state index in [1.807, 2.05) is 32.0 Å². The molecule has 0 bridgehead atoms. The summed E-state index contributed by atoms with van der Waals surface area (Å²) >= 11 is 6.15. The van der Waals surface area contributed by atoms with Crippen molar-refractivity contribution >= 4 is 11.6 Å². The third kappa shape index (κ3) is 3.80. The van der Waals surface area contributed by atoms with Gasteiger partial charge < -0.3 is 5.32 Å². The monoisotopic (exact) mass is 309 g/mol. The van der Waals surface area contributed by atoms with E-state index in [0.29, 0.717) is 11.6 Å². The Bertz CT molecular complexity index is 608. The van der Waals surface area contributed by atoms with Gasteiger partial charge in [-0.05, 0) is 49.2 Å². The number of halogens is 3. The molecular formula is C17H18ClF2N. The SMILES string of the molecule is CCNC(Cc1c(F)cccc1F)c1ccc(C)c(Cl)c1. The van der Waals surface area contributed by atoms with Gasteiger partial charge in [-0.15, -0.1) is 0 Å². The maximum Gasteiger partial charge on any atom is 0.129 e. The molecule has 0 aliphatic heterocycles. The van der Waals surface area contributed by atoms with Gasteiger partial charge in [0.25, 0.3) is 0 Å². The van der Waals surface area contributed by atoms with E-state index in [0.717, 1.165) is 11.1 Å². The molecule has 0 saturated carbocycles.